The molecule has 0 spiro atoms. The van der Waals surface area contributed by atoms with Gasteiger partial charge in [0.1, 0.15) is 0 Å². The van der Waals surface area contributed by atoms with Crippen LogP contribution in [0.3, 0.4) is 0 Å². The summed E-state index contributed by atoms with van der Waals surface area (Å²) in [5, 5.41) is 9.48. The summed E-state index contributed by atoms with van der Waals surface area (Å²) >= 11 is 0. The number of hydrogen-bond donors (Lipinski definition) is 1. The molecular formula is C16H16N2O3. The van der Waals surface area contributed by atoms with E-state index in [2.05, 4.69) is 26.8 Å². The molecule has 0 atom stereocenters. The van der Waals surface area contributed by atoms with E-state index in [0.29, 0.717) is 0 Å². The molecule has 0 aliphatic heterocycles. The van der Waals surface area contributed by atoms with E-state index < -0.39 is 11.7 Å². The zero-order valence-electron chi connectivity index (χ0n) is 11.7. The summed E-state index contributed by atoms with van der Waals surface area (Å²) in [6.07, 6.45) is 4.41. The first-order chi connectivity index (χ1) is 10.2. The van der Waals surface area contributed by atoms with Gasteiger partial charge in [-0.15, -0.1) is 0 Å². The Morgan fingerprint density at radius 3 is 2.71 bits per heavy atom. The Kier molecular flexibility index (Phi) is 5.04. The molecule has 0 saturated carbocycles. The second-order valence-electron chi connectivity index (χ2n) is 4.41. The van der Waals surface area contributed by atoms with Crippen molar-refractivity contribution in [2.45, 2.75) is 12.8 Å². The van der Waals surface area contributed by atoms with Crippen LogP contribution in [-0.4, -0.2) is 28.2 Å². The fraction of sp³-hybridized carbons (Fsp3) is 0.188. The average molecular weight is 284 g/mol. The highest BCUT2D eigenvalue weighted by Gasteiger charge is 2.08. The Labute approximate surface area is 122 Å². The Balaban J connectivity index is 2.06. The van der Waals surface area contributed by atoms with Gasteiger partial charge in [0.25, 0.3) is 0 Å². The van der Waals surface area contributed by atoms with Crippen LogP contribution < -0.4 is 0 Å². The van der Waals surface area contributed by atoms with Gasteiger partial charge in [-0.3, -0.25) is 0 Å². The van der Waals surface area contributed by atoms with Gasteiger partial charge in [0.15, 0.2) is 5.82 Å². The number of nitrogens with zero attached hydrogens (tertiary/aromatic N) is 2. The van der Waals surface area contributed by atoms with E-state index in [-0.39, 0.29) is 5.82 Å². The predicted octanol–water partition coefficient (Wildman–Crippen LogP) is 2.33. The highest BCUT2D eigenvalue weighted by atomic mass is 16.5. The van der Waals surface area contributed by atoms with Crippen LogP contribution >= 0.6 is 0 Å². The van der Waals surface area contributed by atoms with E-state index in [9.17, 15) is 9.90 Å². The Morgan fingerprint density at radius 1 is 1.24 bits per heavy atom. The molecule has 5 heteroatoms. The molecule has 1 heterocycles. The smallest absolute Gasteiger partial charge is 0.373 e. The van der Waals surface area contributed by atoms with Crippen molar-refractivity contribution in [1.29, 1.82) is 0 Å². The second-order valence-corrected chi connectivity index (χ2v) is 4.41. The molecule has 2 aromatic rings. The minimum absolute atomic E-state index is 0.281. The van der Waals surface area contributed by atoms with Gasteiger partial charge in [-0.2, -0.15) is 0 Å². The molecule has 1 aromatic heterocycles. The summed E-state index contributed by atoms with van der Waals surface area (Å²) in [6.45, 7) is 0. The maximum absolute atomic E-state index is 11.1. The summed E-state index contributed by atoms with van der Waals surface area (Å²) < 4.78 is 4.41. The van der Waals surface area contributed by atoms with Crippen LogP contribution in [0.15, 0.2) is 48.4 Å². The van der Waals surface area contributed by atoms with E-state index in [4.69, 9.17) is 0 Å². The standard InChI is InChI=1S/C16H16N2O3/c1-21-16(20)14(19)11-15-17-10-9-13(18-15)8-7-12-5-3-2-4-6-12/h2-6,9-11,19H,7-8H2,1H3/b14-11-. The first kappa shape index (κ1) is 14.7. The van der Waals surface area contributed by atoms with Gasteiger partial charge in [0.2, 0.25) is 5.76 Å². The van der Waals surface area contributed by atoms with E-state index in [1.807, 2.05) is 24.3 Å². The lowest BCUT2D eigenvalue weighted by molar-refractivity contribution is -0.138. The summed E-state index contributed by atoms with van der Waals surface area (Å²) in [6, 6.07) is 11.9. The van der Waals surface area contributed by atoms with Crippen LogP contribution in [0.4, 0.5) is 0 Å². The van der Waals surface area contributed by atoms with Gasteiger partial charge >= 0.3 is 5.97 Å². The number of carbonyl (C=O) groups excluding carboxylic acids is 1. The summed E-state index contributed by atoms with van der Waals surface area (Å²) in [5.74, 6) is -1.05. The van der Waals surface area contributed by atoms with Crippen LogP contribution in [0.25, 0.3) is 6.08 Å². The molecule has 0 fully saturated rings. The molecule has 0 unspecified atom stereocenters. The van der Waals surface area contributed by atoms with E-state index in [1.165, 1.54) is 18.7 Å². The topological polar surface area (TPSA) is 72.3 Å². The average Bonchev–Trinajstić information content (AvgIpc) is 2.53. The zero-order valence-corrected chi connectivity index (χ0v) is 11.7. The normalized spacial score (nSPS) is 11.2. The van der Waals surface area contributed by atoms with Gasteiger partial charge in [-0.1, -0.05) is 30.3 Å². The molecule has 1 N–H and O–H groups in total. The van der Waals surface area contributed by atoms with Gasteiger partial charge in [-0.05, 0) is 24.5 Å². The molecule has 0 amide bonds. The lowest BCUT2D eigenvalue weighted by Crippen LogP contribution is -2.05. The second kappa shape index (κ2) is 7.19. The molecular weight excluding hydrogens is 268 g/mol. The minimum Gasteiger partial charge on any atom is -0.502 e. The Hall–Kier alpha value is -2.69. The highest BCUT2D eigenvalue weighted by molar-refractivity contribution is 5.90. The van der Waals surface area contributed by atoms with Crippen molar-refractivity contribution in [3.05, 3.63) is 65.4 Å². The highest BCUT2D eigenvalue weighted by Crippen LogP contribution is 2.07. The number of aliphatic hydroxyl groups excluding tert-OH is 1. The first-order valence-electron chi connectivity index (χ1n) is 6.54. The number of benzene rings is 1. The predicted molar refractivity (Wildman–Crippen MR) is 78.5 cm³/mol. The third kappa shape index (κ3) is 4.42. The minimum atomic E-state index is -0.812. The zero-order chi connectivity index (χ0) is 15.1. The molecule has 108 valence electrons. The van der Waals surface area contributed by atoms with Crippen LogP contribution in [0.1, 0.15) is 17.1 Å². The fourth-order valence-corrected chi connectivity index (χ4v) is 1.82. The summed E-state index contributed by atoms with van der Waals surface area (Å²) in [5.41, 5.74) is 2.07. The van der Waals surface area contributed by atoms with Gasteiger partial charge in [-0.25, -0.2) is 14.8 Å². The number of rotatable bonds is 5. The number of carbonyl (C=O) groups is 1. The fourth-order valence-electron chi connectivity index (χ4n) is 1.82. The number of esters is 1. The molecule has 0 bridgehead atoms. The van der Waals surface area contributed by atoms with Crippen LogP contribution in [0.5, 0.6) is 0 Å². The number of aryl methyl sites for hydroxylation is 2. The molecule has 0 radical (unpaired) electrons. The van der Waals surface area contributed by atoms with Crippen molar-refractivity contribution < 1.29 is 14.6 Å². The van der Waals surface area contributed by atoms with Crippen molar-refractivity contribution in [3.63, 3.8) is 0 Å². The van der Waals surface area contributed by atoms with Crippen LogP contribution in [0, 0.1) is 0 Å². The van der Waals surface area contributed by atoms with Crippen molar-refractivity contribution in [3.8, 4) is 0 Å². The van der Waals surface area contributed by atoms with Crippen molar-refractivity contribution >= 4 is 12.0 Å². The summed E-state index contributed by atoms with van der Waals surface area (Å²) in [4.78, 5) is 19.4. The number of aliphatic hydroxyl groups is 1. The van der Waals surface area contributed by atoms with E-state index in [0.717, 1.165) is 18.5 Å². The van der Waals surface area contributed by atoms with Crippen molar-refractivity contribution in [2.75, 3.05) is 7.11 Å². The van der Waals surface area contributed by atoms with Crippen LogP contribution in [0.2, 0.25) is 0 Å². The molecule has 0 aliphatic rings. The Bertz CT molecular complexity index is 639. The number of methoxy groups -OCH3 is 1. The lowest BCUT2D eigenvalue weighted by Gasteiger charge is -2.02. The lowest BCUT2D eigenvalue weighted by atomic mass is 10.1. The number of aromatic nitrogens is 2. The van der Waals surface area contributed by atoms with Gasteiger partial charge in [0.05, 0.1) is 7.11 Å². The molecule has 5 nitrogen and oxygen atoms in total. The quantitative estimate of drug-likeness (QED) is 0.518. The number of ether oxygens (including phenoxy) is 1. The summed E-state index contributed by atoms with van der Waals surface area (Å²) in [7, 11) is 1.20. The maximum Gasteiger partial charge on any atom is 0.373 e. The monoisotopic (exact) mass is 284 g/mol. The third-order valence-electron chi connectivity index (χ3n) is 2.90. The Morgan fingerprint density at radius 2 is 2.00 bits per heavy atom. The number of hydrogen-bond acceptors (Lipinski definition) is 5. The molecule has 0 aliphatic carbocycles. The van der Waals surface area contributed by atoms with Gasteiger partial charge in [0, 0.05) is 18.0 Å². The van der Waals surface area contributed by atoms with Crippen LogP contribution in [-0.2, 0) is 22.4 Å². The molecule has 2 rings (SSSR count). The molecule has 1 aromatic carbocycles. The van der Waals surface area contributed by atoms with Crippen molar-refractivity contribution in [2.24, 2.45) is 0 Å². The first-order valence-corrected chi connectivity index (χ1v) is 6.54. The van der Waals surface area contributed by atoms with E-state index in [1.54, 1.807) is 6.20 Å². The van der Waals surface area contributed by atoms with Crippen molar-refractivity contribution in [1.82, 2.24) is 9.97 Å². The molecule has 0 saturated heterocycles. The SMILES string of the molecule is COC(=O)/C(O)=C/c1nccc(CCc2ccccc2)n1. The largest absolute Gasteiger partial charge is 0.502 e. The maximum atomic E-state index is 11.1. The molecule has 21 heavy (non-hydrogen) atoms. The van der Waals surface area contributed by atoms with Gasteiger partial charge < -0.3 is 9.84 Å². The van der Waals surface area contributed by atoms with E-state index >= 15 is 0 Å². The third-order valence-corrected chi connectivity index (χ3v) is 2.90.